The SMILES string of the molecule is COC[C@H](C)NC(=O)CN1CCC(c2cc(Cc3ccc(Cl)cc3)cc(C)n2)CC1. The number of rotatable bonds is 8. The average Bonchev–Trinajstić information content (AvgIpc) is 2.70. The van der Waals surface area contributed by atoms with Crippen LogP contribution in [0.1, 0.15) is 48.2 Å². The maximum absolute atomic E-state index is 12.2. The Kier molecular flexibility index (Phi) is 8.25. The van der Waals surface area contributed by atoms with Gasteiger partial charge in [0.25, 0.3) is 0 Å². The normalized spacial score (nSPS) is 16.4. The van der Waals surface area contributed by atoms with Crippen LogP contribution in [0.2, 0.25) is 5.02 Å². The highest BCUT2D eigenvalue weighted by Gasteiger charge is 2.23. The minimum absolute atomic E-state index is 0.0376. The number of hydrogen-bond acceptors (Lipinski definition) is 4. The Balaban J connectivity index is 1.55. The molecule has 3 rings (SSSR count). The van der Waals surface area contributed by atoms with Gasteiger partial charge in [0.2, 0.25) is 5.91 Å². The van der Waals surface area contributed by atoms with Crippen LogP contribution in [0.4, 0.5) is 0 Å². The van der Waals surface area contributed by atoms with Crippen LogP contribution in [-0.2, 0) is 16.0 Å². The second-order valence-electron chi connectivity index (χ2n) is 8.32. The van der Waals surface area contributed by atoms with Crippen LogP contribution < -0.4 is 5.32 Å². The van der Waals surface area contributed by atoms with Crippen molar-refractivity contribution in [3.8, 4) is 0 Å². The summed E-state index contributed by atoms with van der Waals surface area (Å²) in [6, 6.07) is 12.5. The van der Waals surface area contributed by atoms with E-state index in [4.69, 9.17) is 21.3 Å². The van der Waals surface area contributed by atoms with Crippen LogP contribution in [-0.4, -0.2) is 55.2 Å². The van der Waals surface area contributed by atoms with E-state index in [1.165, 1.54) is 16.8 Å². The number of ether oxygens (including phenoxy) is 1. The quantitative estimate of drug-likeness (QED) is 0.690. The summed E-state index contributed by atoms with van der Waals surface area (Å²) < 4.78 is 5.08. The zero-order chi connectivity index (χ0) is 21.5. The van der Waals surface area contributed by atoms with E-state index in [0.29, 0.717) is 19.1 Å². The fraction of sp³-hybridized carbons (Fsp3) is 0.500. The van der Waals surface area contributed by atoms with Crippen LogP contribution in [0.3, 0.4) is 0 Å². The highest BCUT2D eigenvalue weighted by molar-refractivity contribution is 6.30. The molecule has 30 heavy (non-hydrogen) atoms. The molecule has 5 nitrogen and oxygen atoms in total. The van der Waals surface area contributed by atoms with Crippen LogP contribution in [0, 0.1) is 6.92 Å². The van der Waals surface area contributed by atoms with Gasteiger partial charge in [0.05, 0.1) is 13.2 Å². The molecule has 6 heteroatoms. The van der Waals surface area contributed by atoms with E-state index in [0.717, 1.165) is 43.1 Å². The van der Waals surface area contributed by atoms with Gasteiger partial charge in [0.15, 0.2) is 0 Å². The number of likely N-dealkylation sites (tertiary alicyclic amines) is 1. The molecule has 1 N–H and O–H groups in total. The Hall–Kier alpha value is -1.95. The molecular formula is C24H32ClN3O2. The summed E-state index contributed by atoms with van der Waals surface area (Å²) >= 11 is 6.00. The third kappa shape index (κ3) is 6.79. The third-order valence-electron chi connectivity index (χ3n) is 5.55. The number of nitrogens with one attached hydrogen (secondary N) is 1. The van der Waals surface area contributed by atoms with Gasteiger partial charge in [0, 0.05) is 35.5 Å². The number of hydrogen-bond donors (Lipinski definition) is 1. The summed E-state index contributed by atoms with van der Waals surface area (Å²) in [4.78, 5) is 19.3. The Bertz CT molecular complexity index is 833. The lowest BCUT2D eigenvalue weighted by atomic mass is 9.91. The molecule has 162 valence electrons. The van der Waals surface area contributed by atoms with Gasteiger partial charge in [-0.25, -0.2) is 0 Å². The molecule has 0 saturated carbocycles. The van der Waals surface area contributed by atoms with Crippen molar-refractivity contribution in [1.82, 2.24) is 15.2 Å². The molecule has 1 amide bonds. The number of amides is 1. The first-order valence-electron chi connectivity index (χ1n) is 10.7. The fourth-order valence-corrected chi connectivity index (χ4v) is 4.25. The number of aryl methyl sites for hydroxylation is 1. The fourth-order valence-electron chi connectivity index (χ4n) is 4.12. The molecule has 0 bridgehead atoms. The number of halogens is 1. The second kappa shape index (κ2) is 10.9. The van der Waals surface area contributed by atoms with Crippen molar-refractivity contribution in [3.63, 3.8) is 0 Å². The standard InChI is InChI=1S/C24H32ClN3O2/c1-17-12-20(13-19-4-6-22(25)7-5-19)14-23(26-17)21-8-10-28(11-9-21)15-24(29)27-18(2)16-30-3/h4-7,12,14,18,21H,8-11,13,15-16H2,1-3H3,(H,27,29)/t18-/m0/s1. The van der Waals surface area contributed by atoms with Crippen molar-refractivity contribution in [1.29, 1.82) is 0 Å². The van der Waals surface area contributed by atoms with E-state index < -0.39 is 0 Å². The van der Waals surface area contributed by atoms with Crippen molar-refractivity contribution in [2.24, 2.45) is 0 Å². The number of benzene rings is 1. The lowest BCUT2D eigenvalue weighted by Gasteiger charge is -2.31. The summed E-state index contributed by atoms with van der Waals surface area (Å²) in [6.45, 7) is 6.83. The van der Waals surface area contributed by atoms with E-state index >= 15 is 0 Å². The van der Waals surface area contributed by atoms with E-state index in [1.807, 2.05) is 19.1 Å². The number of carbonyl (C=O) groups excluding carboxylic acids is 1. The molecule has 0 aliphatic carbocycles. The lowest BCUT2D eigenvalue weighted by molar-refractivity contribution is -0.123. The first kappa shape index (κ1) is 22.7. The van der Waals surface area contributed by atoms with Gasteiger partial charge in [-0.05, 0) is 81.6 Å². The van der Waals surface area contributed by atoms with E-state index in [2.05, 4.69) is 41.4 Å². The highest BCUT2D eigenvalue weighted by atomic mass is 35.5. The van der Waals surface area contributed by atoms with Gasteiger partial charge >= 0.3 is 0 Å². The van der Waals surface area contributed by atoms with Crippen molar-refractivity contribution >= 4 is 17.5 Å². The second-order valence-corrected chi connectivity index (χ2v) is 8.76. The van der Waals surface area contributed by atoms with Crippen molar-refractivity contribution in [2.45, 2.75) is 45.1 Å². The zero-order valence-electron chi connectivity index (χ0n) is 18.2. The van der Waals surface area contributed by atoms with Gasteiger partial charge in [-0.3, -0.25) is 14.7 Å². The Labute approximate surface area is 184 Å². The van der Waals surface area contributed by atoms with Crippen LogP contribution in [0.25, 0.3) is 0 Å². The van der Waals surface area contributed by atoms with Gasteiger partial charge in [-0.2, -0.15) is 0 Å². The summed E-state index contributed by atoms with van der Waals surface area (Å²) in [6.07, 6.45) is 2.93. The number of nitrogens with zero attached hydrogens (tertiary/aromatic N) is 2. The smallest absolute Gasteiger partial charge is 0.234 e. The Morgan fingerprint density at radius 2 is 1.93 bits per heavy atom. The molecule has 0 spiro atoms. The predicted octanol–water partition coefficient (Wildman–Crippen LogP) is 3.96. The topological polar surface area (TPSA) is 54.5 Å². The molecule has 1 saturated heterocycles. The van der Waals surface area contributed by atoms with E-state index in [-0.39, 0.29) is 11.9 Å². The third-order valence-corrected chi connectivity index (χ3v) is 5.80. The first-order valence-corrected chi connectivity index (χ1v) is 11.0. The molecule has 0 unspecified atom stereocenters. The predicted molar refractivity (Wildman–Crippen MR) is 121 cm³/mol. The Morgan fingerprint density at radius 3 is 2.60 bits per heavy atom. The first-order chi connectivity index (χ1) is 14.4. The minimum Gasteiger partial charge on any atom is -0.383 e. The van der Waals surface area contributed by atoms with E-state index in [1.54, 1.807) is 7.11 Å². The molecule has 1 aliphatic rings. The van der Waals surface area contributed by atoms with Crippen molar-refractivity contribution in [3.05, 3.63) is 63.9 Å². The maximum Gasteiger partial charge on any atom is 0.234 e. The summed E-state index contributed by atoms with van der Waals surface area (Å²) in [5, 5.41) is 3.75. The van der Waals surface area contributed by atoms with E-state index in [9.17, 15) is 4.79 Å². The maximum atomic E-state index is 12.2. The molecule has 1 aromatic carbocycles. The lowest BCUT2D eigenvalue weighted by Crippen LogP contribution is -2.44. The number of methoxy groups -OCH3 is 1. The number of piperidine rings is 1. The number of aromatic nitrogens is 1. The van der Waals surface area contributed by atoms with Crippen LogP contribution in [0.5, 0.6) is 0 Å². The average molecular weight is 430 g/mol. The molecule has 2 heterocycles. The molecule has 2 aromatic rings. The van der Waals surface area contributed by atoms with Gasteiger partial charge in [-0.1, -0.05) is 23.7 Å². The summed E-state index contributed by atoms with van der Waals surface area (Å²) in [5.74, 6) is 0.512. The van der Waals surface area contributed by atoms with Crippen molar-refractivity contribution < 1.29 is 9.53 Å². The van der Waals surface area contributed by atoms with Gasteiger partial charge < -0.3 is 10.1 Å². The minimum atomic E-state index is 0.0376. The van der Waals surface area contributed by atoms with Gasteiger partial charge in [-0.15, -0.1) is 0 Å². The monoisotopic (exact) mass is 429 g/mol. The molecular weight excluding hydrogens is 398 g/mol. The largest absolute Gasteiger partial charge is 0.383 e. The Morgan fingerprint density at radius 1 is 1.23 bits per heavy atom. The molecule has 1 atom stereocenters. The summed E-state index contributed by atoms with van der Waals surface area (Å²) in [5.41, 5.74) is 4.77. The highest BCUT2D eigenvalue weighted by Crippen LogP contribution is 2.28. The van der Waals surface area contributed by atoms with Crippen LogP contribution >= 0.6 is 11.6 Å². The molecule has 0 radical (unpaired) electrons. The number of pyridine rings is 1. The zero-order valence-corrected chi connectivity index (χ0v) is 18.9. The van der Waals surface area contributed by atoms with Crippen LogP contribution in [0.15, 0.2) is 36.4 Å². The molecule has 1 aromatic heterocycles. The summed E-state index contributed by atoms with van der Waals surface area (Å²) in [7, 11) is 1.65. The van der Waals surface area contributed by atoms with Gasteiger partial charge in [0.1, 0.15) is 0 Å². The molecule has 1 fully saturated rings. The number of carbonyl (C=O) groups is 1. The molecule has 1 aliphatic heterocycles. The van der Waals surface area contributed by atoms with Crippen molar-refractivity contribution in [2.75, 3.05) is 33.4 Å².